The topological polar surface area (TPSA) is 58.6 Å². The van der Waals surface area contributed by atoms with Crippen LogP contribution in [0.5, 0.6) is 0 Å². The van der Waals surface area contributed by atoms with Gasteiger partial charge in [0.2, 0.25) is 5.91 Å². The Balaban J connectivity index is 1.43. The van der Waals surface area contributed by atoms with Gasteiger partial charge >= 0.3 is 0 Å². The minimum Gasteiger partial charge on any atom is -0.370 e. The zero-order valence-corrected chi connectivity index (χ0v) is 15.4. The second-order valence-corrected chi connectivity index (χ2v) is 6.59. The Bertz CT molecular complexity index is 830. The third-order valence-electron chi connectivity index (χ3n) is 4.62. The van der Waals surface area contributed by atoms with Gasteiger partial charge in [-0.3, -0.25) is 9.59 Å². The lowest BCUT2D eigenvalue weighted by molar-refractivity contribution is -0.139. The van der Waals surface area contributed by atoms with E-state index in [1.807, 2.05) is 30.3 Å². The Morgan fingerprint density at radius 1 is 1.14 bits per heavy atom. The van der Waals surface area contributed by atoms with Gasteiger partial charge in [-0.15, -0.1) is 0 Å². The Morgan fingerprint density at radius 3 is 2.68 bits per heavy atom. The summed E-state index contributed by atoms with van der Waals surface area (Å²) in [6.45, 7) is 1.74. The number of halogens is 2. The van der Waals surface area contributed by atoms with E-state index in [1.54, 1.807) is 4.90 Å². The van der Waals surface area contributed by atoms with E-state index < -0.39 is 17.5 Å². The average molecular weight is 388 g/mol. The number of nitrogens with one attached hydrogen (secondary N) is 1. The summed E-state index contributed by atoms with van der Waals surface area (Å²) >= 11 is 0. The molecule has 0 radical (unpaired) electrons. The van der Waals surface area contributed by atoms with Crippen LogP contribution in [0.2, 0.25) is 0 Å². The van der Waals surface area contributed by atoms with Crippen molar-refractivity contribution in [3.63, 3.8) is 0 Å². The zero-order chi connectivity index (χ0) is 19.9. The molecule has 3 rings (SSSR count). The van der Waals surface area contributed by atoms with Crippen molar-refractivity contribution in [2.24, 2.45) is 0 Å². The van der Waals surface area contributed by atoms with Crippen molar-refractivity contribution in [2.45, 2.75) is 18.9 Å². The van der Waals surface area contributed by atoms with E-state index in [9.17, 15) is 18.4 Å². The number of benzene rings is 2. The van der Waals surface area contributed by atoms with Crippen molar-refractivity contribution in [1.29, 1.82) is 0 Å². The Morgan fingerprint density at radius 2 is 1.93 bits per heavy atom. The molecule has 2 aromatic carbocycles. The van der Waals surface area contributed by atoms with Gasteiger partial charge in [-0.25, -0.2) is 8.78 Å². The first-order valence-corrected chi connectivity index (χ1v) is 9.22. The molecule has 1 unspecified atom stereocenters. The van der Waals surface area contributed by atoms with Crippen molar-refractivity contribution in [1.82, 2.24) is 10.2 Å². The molecule has 0 aromatic heterocycles. The highest BCUT2D eigenvalue weighted by Gasteiger charge is 2.25. The Hall–Kier alpha value is -2.80. The molecule has 1 atom stereocenters. The molecule has 0 saturated carbocycles. The molecule has 0 bridgehead atoms. The fourth-order valence-corrected chi connectivity index (χ4v) is 3.11. The number of carbonyl (C=O) groups is 2. The quantitative estimate of drug-likeness (QED) is 0.774. The molecule has 2 amide bonds. The van der Waals surface area contributed by atoms with Gasteiger partial charge in [0.05, 0.1) is 18.7 Å². The van der Waals surface area contributed by atoms with Gasteiger partial charge in [0.25, 0.3) is 5.91 Å². The normalized spacial score (nSPS) is 16.6. The molecule has 1 N–H and O–H groups in total. The first kappa shape index (κ1) is 19.9. The molecule has 1 saturated heterocycles. The maximum Gasteiger partial charge on any atom is 0.254 e. The van der Waals surface area contributed by atoms with Crippen molar-refractivity contribution >= 4 is 11.8 Å². The van der Waals surface area contributed by atoms with Gasteiger partial charge in [0.15, 0.2) is 0 Å². The number of hydrogen-bond donors (Lipinski definition) is 1. The van der Waals surface area contributed by atoms with Crippen LogP contribution in [0.1, 0.15) is 34.9 Å². The maximum absolute atomic E-state index is 13.6. The fourth-order valence-electron chi connectivity index (χ4n) is 3.11. The van der Waals surface area contributed by atoms with Crippen molar-refractivity contribution in [2.75, 3.05) is 26.2 Å². The van der Waals surface area contributed by atoms with E-state index in [1.165, 1.54) is 0 Å². The van der Waals surface area contributed by atoms with Crippen LogP contribution in [0.15, 0.2) is 48.5 Å². The maximum atomic E-state index is 13.6. The minimum absolute atomic E-state index is 0.00792. The summed E-state index contributed by atoms with van der Waals surface area (Å²) in [5, 5.41) is 2.56. The number of carbonyl (C=O) groups excluding carboxylic acids is 2. The molecule has 1 aliphatic rings. The van der Waals surface area contributed by atoms with Gasteiger partial charge in [-0.1, -0.05) is 30.3 Å². The summed E-state index contributed by atoms with van der Waals surface area (Å²) < 4.78 is 32.2. The largest absolute Gasteiger partial charge is 0.370 e. The molecule has 7 heteroatoms. The highest BCUT2D eigenvalue weighted by Crippen LogP contribution is 2.22. The van der Waals surface area contributed by atoms with Crippen molar-refractivity contribution in [3.8, 4) is 0 Å². The third-order valence-corrected chi connectivity index (χ3v) is 4.62. The van der Waals surface area contributed by atoms with Crippen LogP contribution in [0, 0.1) is 11.6 Å². The molecule has 0 spiro atoms. The zero-order valence-electron chi connectivity index (χ0n) is 15.4. The summed E-state index contributed by atoms with van der Waals surface area (Å²) in [5.41, 5.74) is 0.820. The molecule has 1 aliphatic heterocycles. The van der Waals surface area contributed by atoms with Crippen LogP contribution in [-0.4, -0.2) is 43.0 Å². The predicted octanol–water partition coefficient (Wildman–Crippen LogP) is 3.07. The van der Waals surface area contributed by atoms with Crippen molar-refractivity contribution in [3.05, 3.63) is 71.3 Å². The van der Waals surface area contributed by atoms with Crippen LogP contribution in [0.4, 0.5) is 8.78 Å². The molecule has 28 heavy (non-hydrogen) atoms. The van der Waals surface area contributed by atoms with E-state index >= 15 is 0 Å². The molecule has 2 aromatic rings. The van der Waals surface area contributed by atoms with Crippen LogP contribution in [0.3, 0.4) is 0 Å². The first-order valence-electron chi connectivity index (χ1n) is 9.22. The third kappa shape index (κ3) is 5.13. The van der Waals surface area contributed by atoms with Crippen LogP contribution < -0.4 is 5.32 Å². The highest BCUT2D eigenvalue weighted by molar-refractivity contribution is 5.94. The number of morpholine rings is 1. The van der Waals surface area contributed by atoms with Gasteiger partial charge in [-0.05, 0) is 24.1 Å². The Kier molecular flexibility index (Phi) is 6.71. The lowest BCUT2D eigenvalue weighted by atomic mass is 10.1. The van der Waals surface area contributed by atoms with Gasteiger partial charge < -0.3 is 15.0 Å². The van der Waals surface area contributed by atoms with Crippen LogP contribution in [0.25, 0.3) is 0 Å². The number of amides is 2. The predicted molar refractivity (Wildman–Crippen MR) is 99.6 cm³/mol. The average Bonchev–Trinajstić information content (AvgIpc) is 2.71. The molecule has 5 nitrogen and oxygen atoms in total. The van der Waals surface area contributed by atoms with Gasteiger partial charge in [0, 0.05) is 25.6 Å². The molecular formula is C21H22F2N2O3. The summed E-state index contributed by atoms with van der Waals surface area (Å²) in [4.78, 5) is 26.1. The number of nitrogens with zero attached hydrogens (tertiary/aromatic N) is 1. The second kappa shape index (κ2) is 9.41. The summed E-state index contributed by atoms with van der Waals surface area (Å²) in [5.74, 6) is -2.28. The minimum atomic E-state index is -0.908. The van der Waals surface area contributed by atoms with Crippen molar-refractivity contribution < 1.29 is 23.1 Å². The second-order valence-electron chi connectivity index (χ2n) is 6.59. The number of hydrogen-bond acceptors (Lipinski definition) is 3. The molecule has 0 aliphatic carbocycles. The van der Waals surface area contributed by atoms with Gasteiger partial charge in [-0.2, -0.15) is 0 Å². The smallest absolute Gasteiger partial charge is 0.254 e. The molecule has 148 valence electrons. The summed E-state index contributed by atoms with van der Waals surface area (Å²) in [7, 11) is 0. The molecule has 1 fully saturated rings. The number of rotatable bonds is 6. The summed E-state index contributed by atoms with van der Waals surface area (Å²) in [6, 6.07) is 12.6. The van der Waals surface area contributed by atoms with Gasteiger partial charge in [0.1, 0.15) is 17.7 Å². The van der Waals surface area contributed by atoms with Crippen LogP contribution in [-0.2, 0) is 9.53 Å². The van der Waals surface area contributed by atoms with E-state index in [4.69, 9.17) is 4.74 Å². The lowest BCUT2D eigenvalue weighted by Gasteiger charge is -2.33. The monoisotopic (exact) mass is 388 g/mol. The molecular weight excluding hydrogens is 366 g/mol. The first-order chi connectivity index (χ1) is 13.5. The van der Waals surface area contributed by atoms with E-state index in [-0.39, 0.29) is 30.5 Å². The summed E-state index contributed by atoms with van der Waals surface area (Å²) in [6.07, 6.45) is 0.564. The standard InChI is InChI=1S/C21H22F2N2O3/c22-16-8-9-17(18(23)13-16)21(27)24-10-4-7-20(26)25-11-12-28-19(14-25)15-5-2-1-3-6-15/h1-3,5-6,8-9,13,19H,4,7,10-12,14H2,(H,24,27). The Labute approximate surface area is 162 Å². The molecule has 1 heterocycles. The number of ether oxygens (including phenoxy) is 1. The fraction of sp³-hybridized carbons (Fsp3) is 0.333. The van der Waals surface area contributed by atoms with Crippen LogP contribution >= 0.6 is 0 Å². The van der Waals surface area contributed by atoms with E-state index in [2.05, 4.69) is 5.32 Å². The van der Waals surface area contributed by atoms with E-state index in [0.717, 1.165) is 17.7 Å². The van der Waals surface area contributed by atoms with E-state index in [0.29, 0.717) is 32.2 Å². The SMILES string of the molecule is O=C(NCCCC(=O)N1CCOC(c2ccccc2)C1)c1ccc(F)cc1F. The lowest BCUT2D eigenvalue weighted by Crippen LogP contribution is -2.42. The highest BCUT2D eigenvalue weighted by atomic mass is 19.1.